The van der Waals surface area contributed by atoms with Crippen molar-refractivity contribution >= 4 is 11.5 Å². The van der Waals surface area contributed by atoms with Gasteiger partial charge in [-0.05, 0) is 70.8 Å². The van der Waals surface area contributed by atoms with E-state index < -0.39 is 0 Å². The summed E-state index contributed by atoms with van der Waals surface area (Å²) in [5.41, 5.74) is 1.48. The summed E-state index contributed by atoms with van der Waals surface area (Å²) in [4.78, 5) is 15.1. The number of anilines is 1. The minimum atomic E-state index is -0.212. The fraction of sp³-hybridized carbons (Fsp3) is 0.632. The molecule has 2 aliphatic heterocycles. The third kappa shape index (κ3) is 3.52. The first-order chi connectivity index (χ1) is 10.9. The van der Waals surface area contributed by atoms with E-state index in [1.807, 2.05) is 25.1 Å². The summed E-state index contributed by atoms with van der Waals surface area (Å²) < 4.78 is 5.96. The average molecular weight is 316 g/mol. The van der Waals surface area contributed by atoms with E-state index in [0.29, 0.717) is 0 Å². The van der Waals surface area contributed by atoms with E-state index in [1.54, 1.807) is 0 Å². The normalized spacial score (nSPS) is 22.6. The van der Waals surface area contributed by atoms with Gasteiger partial charge in [0, 0.05) is 5.56 Å². The van der Waals surface area contributed by atoms with Crippen LogP contribution in [0, 0.1) is 5.92 Å². The molecule has 0 spiro atoms. The number of fused-ring (bicyclic) bond motifs is 1. The van der Waals surface area contributed by atoms with Crippen LogP contribution in [0.15, 0.2) is 18.2 Å². The number of nitrogens with zero attached hydrogens (tertiary/aromatic N) is 1. The Morgan fingerprint density at radius 2 is 2.04 bits per heavy atom. The summed E-state index contributed by atoms with van der Waals surface area (Å²) in [6, 6.07) is 5.70. The summed E-state index contributed by atoms with van der Waals surface area (Å²) in [7, 11) is 0. The first-order valence-corrected chi connectivity index (χ1v) is 8.71. The number of hydrogen-bond donors (Lipinski definition) is 1. The molecule has 4 heteroatoms. The second-order valence-electron chi connectivity index (χ2n) is 7.68. The van der Waals surface area contributed by atoms with Crippen molar-refractivity contribution in [2.45, 2.75) is 52.2 Å². The number of benzene rings is 1. The molecule has 2 aliphatic rings. The van der Waals surface area contributed by atoms with Gasteiger partial charge in [-0.3, -0.25) is 9.69 Å². The highest BCUT2D eigenvalue weighted by Gasteiger charge is 2.29. The molecule has 2 heterocycles. The second kappa shape index (κ2) is 6.16. The van der Waals surface area contributed by atoms with Crippen molar-refractivity contribution in [2.24, 2.45) is 5.92 Å². The Morgan fingerprint density at radius 3 is 2.74 bits per heavy atom. The van der Waals surface area contributed by atoms with Gasteiger partial charge < -0.3 is 10.1 Å². The van der Waals surface area contributed by atoms with Gasteiger partial charge in [-0.2, -0.15) is 0 Å². The third-order valence-electron chi connectivity index (χ3n) is 5.10. The number of carbonyl (C=O) groups is 1. The molecule has 23 heavy (non-hydrogen) atoms. The Bertz CT molecular complexity index is 589. The van der Waals surface area contributed by atoms with Crippen LogP contribution in [0.25, 0.3) is 0 Å². The van der Waals surface area contributed by atoms with Gasteiger partial charge in [-0.1, -0.05) is 6.92 Å². The minimum absolute atomic E-state index is 0.0542. The van der Waals surface area contributed by atoms with Crippen LogP contribution in [-0.2, 0) is 0 Å². The summed E-state index contributed by atoms with van der Waals surface area (Å²) in [5, 5.41) is 3.38. The summed E-state index contributed by atoms with van der Waals surface area (Å²) in [5.74, 6) is 1.81. The van der Waals surface area contributed by atoms with E-state index in [-0.39, 0.29) is 17.4 Å². The summed E-state index contributed by atoms with van der Waals surface area (Å²) in [6.45, 7) is 11.2. The number of ketones is 1. The lowest BCUT2D eigenvalue weighted by Gasteiger charge is -2.35. The maximum atomic E-state index is 12.8. The minimum Gasteiger partial charge on any atom is -0.484 e. The Hall–Kier alpha value is -1.55. The molecule has 1 atom stereocenters. The van der Waals surface area contributed by atoms with Gasteiger partial charge in [-0.15, -0.1) is 0 Å². The van der Waals surface area contributed by atoms with Gasteiger partial charge in [0.05, 0.1) is 18.3 Å². The van der Waals surface area contributed by atoms with Gasteiger partial charge in [-0.25, -0.2) is 0 Å². The first kappa shape index (κ1) is 16.3. The van der Waals surface area contributed by atoms with Crippen molar-refractivity contribution in [3.05, 3.63) is 23.8 Å². The molecule has 4 nitrogen and oxygen atoms in total. The number of ether oxygens (including phenoxy) is 1. The second-order valence-corrected chi connectivity index (χ2v) is 7.68. The highest BCUT2D eigenvalue weighted by molar-refractivity contribution is 6.01. The van der Waals surface area contributed by atoms with Crippen molar-refractivity contribution in [3.63, 3.8) is 0 Å². The lowest BCUT2D eigenvalue weighted by molar-refractivity contribution is 0.0778. The van der Waals surface area contributed by atoms with E-state index in [1.165, 1.54) is 12.8 Å². The van der Waals surface area contributed by atoms with Crippen molar-refractivity contribution in [2.75, 3.05) is 25.0 Å². The number of nitrogens with one attached hydrogen (secondary N) is 1. The van der Waals surface area contributed by atoms with Gasteiger partial charge in [0.15, 0.2) is 5.78 Å². The molecule has 1 fully saturated rings. The van der Waals surface area contributed by atoms with Gasteiger partial charge in [0.2, 0.25) is 0 Å². The van der Waals surface area contributed by atoms with Crippen molar-refractivity contribution in [1.82, 2.24) is 4.90 Å². The molecule has 1 saturated heterocycles. The summed E-state index contributed by atoms with van der Waals surface area (Å²) >= 11 is 0. The molecule has 1 aromatic carbocycles. The van der Waals surface area contributed by atoms with E-state index >= 15 is 0 Å². The molecule has 0 aromatic heterocycles. The molecule has 0 radical (unpaired) electrons. The van der Waals surface area contributed by atoms with E-state index in [9.17, 15) is 4.79 Å². The fourth-order valence-corrected chi connectivity index (χ4v) is 3.38. The number of rotatable bonds is 3. The molecule has 0 saturated carbocycles. The lowest BCUT2D eigenvalue weighted by atomic mass is 9.95. The van der Waals surface area contributed by atoms with Crippen LogP contribution in [0.3, 0.4) is 0 Å². The molecule has 126 valence electrons. The van der Waals surface area contributed by atoms with Gasteiger partial charge in [0.1, 0.15) is 11.4 Å². The Morgan fingerprint density at radius 1 is 1.35 bits per heavy atom. The zero-order chi connectivity index (χ0) is 16.6. The molecule has 1 N–H and O–H groups in total. The quantitative estimate of drug-likeness (QED) is 0.866. The Balaban J connectivity index is 1.73. The maximum absolute atomic E-state index is 12.8. The first-order valence-electron chi connectivity index (χ1n) is 8.71. The lowest BCUT2D eigenvalue weighted by Crippen LogP contribution is -2.43. The number of Topliss-reactive ketones (excluding diaryl/α,β-unsaturated/α-hetero) is 1. The predicted molar refractivity (Wildman–Crippen MR) is 93.4 cm³/mol. The number of likely N-dealkylation sites (tertiary alicyclic amines) is 1. The molecule has 1 unspecified atom stereocenters. The molecular formula is C19H28N2O2. The zero-order valence-electron chi connectivity index (χ0n) is 14.7. The molecule has 1 aromatic rings. The van der Waals surface area contributed by atoms with E-state index in [2.05, 4.69) is 31.0 Å². The molecule has 0 amide bonds. The third-order valence-corrected chi connectivity index (χ3v) is 5.10. The molecule has 0 aliphatic carbocycles. The van der Waals surface area contributed by atoms with E-state index in [4.69, 9.17) is 4.74 Å². The van der Waals surface area contributed by atoms with Crippen LogP contribution >= 0.6 is 0 Å². The standard InChI is InChI=1S/C19H28N2O2/c1-13-7-9-21(10-8-13)14(2)18(22)15-5-6-17-16(11-15)20-12-19(3,4)23-17/h5-6,11,13-14,20H,7-10,12H2,1-4H3. The molecule has 0 bridgehead atoms. The highest BCUT2D eigenvalue weighted by atomic mass is 16.5. The van der Waals surface area contributed by atoms with Gasteiger partial charge >= 0.3 is 0 Å². The smallest absolute Gasteiger partial charge is 0.179 e. The Labute approximate surface area is 139 Å². The maximum Gasteiger partial charge on any atom is 0.179 e. The van der Waals surface area contributed by atoms with Crippen molar-refractivity contribution in [3.8, 4) is 5.75 Å². The van der Waals surface area contributed by atoms with Crippen molar-refractivity contribution < 1.29 is 9.53 Å². The monoisotopic (exact) mass is 316 g/mol. The Kier molecular flexibility index (Phi) is 4.37. The SMILES string of the molecule is CC1CCN(C(C)C(=O)c2ccc3c(c2)NCC(C)(C)O3)CC1. The molecule has 3 rings (SSSR count). The van der Waals surface area contributed by atoms with Crippen LogP contribution in [0.5, 0.6) is 5.75 Å². The van der Waals surface area contributed by atoms with Gasteiger partial charge in [0.25, 0.3) is 0 Å². The molecular weight excluding hydrogens is 288 g/mol. The number of piperidine rings is 1. The zero-order valence-corrected chi connectivity index (χ0v) is 14.7. The van der Waals surface area contributed by atoms with Crippen molar-refractivity contribution in [1.29, 1.82) is 0 Å². The van der Waals surface area contributed by atoms with Crippen LogP contribution < -0.4 is 10.1 Å². The van der Waals surface area contributed by atoms with Crippen LogP contribution in [0.4, 0.5) is 5.69 Å². The number of hydrogen-bond acceptors (Lipinski definition) is 4. The topological polar surface area (TPSA) is 41.6 Å². The summed E-state index contributed by atoms with van der Waals surface area (Å²) in [6.07, 6.45) is 2.37. The number of carbonyl (C=O) groups excluding carboxylic acids is 1. The van der Waals surface area contributed by atoms with E-state index in [0.717, 1.165) is 42.6 Å². The van der Waals surface area contributed by atoms with Crippen LogP contribution in [-0.4, -0.2) is 42.0 Å². The average Bonchev–Trinajstić information content (AvgIpc) is 2.53. The van der Waals surface area contributed by atoms with Crippen LogP contribution in [0.2, 0.25) is 0 Å². The highest BCUT2D eigenvalue weighted by Crippen LogP contribution is 2.34. The van der Waals surface area contributed by atoms with Crippen LogP contribution in [0.1, 0.15) is 50.9 Å². The predicted octanol–water partition coefficient (Wildman–Crippen LogP) is 3.57. The largest absolute Gasteiger partial charge is 0.484 e. The fourth-order valence-electron chi connectivity index (χ4n) is 3.38.